The summed E-state index contributed by atoms with van der Waals surface area (Å²) < 4.78 is 0. The summed E-state index contributed by atoms with van der Waals surface area (Å²) in [5.74, 6) is 1.72. The van der Waals surface area contributed by atoms with E-state index >= 15 is 0 Å². The summed E-state index contributed by atoms with van der Waals surface area (Å²) in [6.07, 6.45) is 6.71. The van der Waals surface area contributed by atoms with Crippen LogP contribution in [0.2, 0.25) is 0 Å². The first-order chi connectivity index (χ1) is 11.2. The lowest BCUT2D eigenvalue weighted by atomic mass is 9.75. The summed E-state index contributed by atoms with van der Waals surface area (Å²) in [5.41, 5.74) is 1.15. The van der Waals surface area contributed by atoms with Crippen molar-refractivity contribution < 1.29 is 9.69 Å². The summed E-state index contributed by atoms with van der Waals surface area (Å²) in [4.78, 5) is 14.0. The van der Waals surface area contributed by atoms with E-state index in [2.05, 4.69) is 11.4 Å². The van der Waals surface area contributed by atoms with Crippen LogP contribution in [0.25, 0.3) is 0 Å². The maximum absolute atomic E-state index is 12.6. The van der Waals surface area contributed by atoms with Gasteiger partial charge in [0.2, 0.25) is 0 Å². The Bertz CT molecular complexity index is 607. The molecule has 1 unspecified atom stereocenters. The van der Waals surface area contributed by atoms with Gasteiger partial charge in [-0.1, -0.05) is 25.0 Å². The van der Waals surface area contributed by atoms with Crippen LogP contribution in [0.3, 0.4) is 0 Å². The summed E-state index contributed by atoms with van der Waals surface area (Å²) in [6, 6.07) is 9.27. The smallest absolute Gasteiger partial charge is 0.282 e. The number of amides is 1. The Hall–Kier alpha value is -1.86. The molecule has 3 rings (SSSR count). The maximum Gasteiger partial charge on any atom is 0.282 e. The van der Waals surface area contributed by atoms with Crippen molar-refractivity contribution in [2.24, 2.45) is 11.8 Å². The molecule has 2 N–H and O–H groups in total. The lowest BCUT2D eigenvalue weighted by Crippen LogP contribution is -3.18. The van der Waals surface area contributed by atoms with Crippen LogP contribution in [-0.2, 0) is 4.79 Å². The summed E-state index contributed by atoms with van der Waals surface area (Å²) in [5, 5.41) is 12.1. The normalized spacial score (nSPS) is 28.3. The predicted molar refractivity (Wildman–Crippen MR) is 90.0 cm³/mol. The highest BCUT2D eigenvalue weighted by molar-refractivity contribution is 5.94. The van der Waals surface area contributed by atoms with E-state index in [1.807, 2.05) is 19.1 Å². The molecule has 1 amide bonds. The fourth-order valence-electron chi connectivity index (χ4n) is 4.25. The molecule has 1 saturated carbocycles. The molecule has 0 radical (unpaired) electrons. The van der Waals surface area contributed by atoms with Crippen LogP contribution < -0.4 is 10.2 Å². The number of rotatable bonds is 3. The molecule has 23 heavy (non-hydrogen) atoms. The molecular weight excluding hydrogens is 286 g/mol. The molecular formula is C19H26N3O+. The number of nitriles is 1. The lowest BCUT2D eigenvalue weighted by molar-refractivity contribution is -0.924. The molecule has 1 aliphatic carbocycles. The van der Waals surface area contributed by atoms with Crippen molar-refractivity contribution in [2.45, 2.75) is 45.1 Å². The van der Waals surface area contributed by atoms with E-state index in [9.17, 15) is 4.79 Å². The number of para-hydroxylation sites is 1. The number of nitrogens with zero attached hydrogens (tertiary/aromatic N) is 1. The number of fused-ring (bicyclic) bond motifs is 1. The number of anilines is 1. The van der Waals surface area contributed by atoms with Gasteiger partial charge in [-0.05, 0) is 44.2 Å². The van der Waals surface area contributed by atoms with Crippen molar-refractivity contribution >= 4 is 11.6 Å². The van der Waals surface area contributed by atoms with E-state index < -0.39 is 0 Å². The van der Waals surface area contributed by atoms with Gasteiger partial charge in [-0.25, -0.2) is 0 Å². The molecule has 1 aromatic rings. The minimum atomic E-state index is -0.0652. The Morgan fingerprint density at radius 1 is 1.26 bits per heavy atom. The second kappa shape index (κ2) is 7.14. The number of hydrogen-bond acceptors (Lipinski definition) is 2. The number of benzene rings is 1. The van der Waals surface area contributed by atoms with Crippen LogP contribution in [0.15, 0.2) is 24.3 Å². The Balaban J connectivity index is 1.62. The van der Waals surface area contributed by atoms with Gasteiger partial charge in [0, 0.05) is 5.92 Å². The number of carbonyl (C=O) groups is 1. The minimum absolute atomic E-state index is 0.0250. The first-order valence-corrected chi connectivity index (χ1v) is 8.83. The number of piperidine rings is 1. The van der Waals surface area contributed by atoms with Gasteiger partial charge in [0.1, 0.15) is 6.07 Å². The summed E-state index contributed by atoms with van der Waals surface area (Å²) >= 11 is 0. The second-order valence-corrected chi connectivity index (χ2v) is 7.07. The zero-order chi connectivity index (χ0) is 16.2. The third-order valence-corrected chi connectivity index (χ3v) is 5.74. The first kappa shape index (κ1) is 16.0. The minimum Gasteiger partial charge on any atom is -0.325 e. The monoisotopic (exact) mass is 312 g/mol. The number of hydrogen-bond donors (Lipinski definition) is 2. The molecule has 122 valence electrons. The number of likely N-dealkylation sites (tertiary alicyclic amines) is 1. The Morgan fingerprint density at radius 3 is 2.78 bits per heavy atom. The molecule has 1 saturated heterocycles. The molecule has 4 heteroatoms. The van der Waals surface area contributed by atoms with Crippen LogP contribution in [0.1, 0.15) is 44.6 Å². The molecule has 1 aliphatic heterocycles. The molecule has 2 aliphatic rings. The van der Waals surface area contributed by atoms with Crippen LogP contribution in [0, 0.1) is 23.2 Å². The fourth-order valence-corrected chi connectivity index (χ4v) is 4.25. The van der Waals surface area contributed by atoms with E-state index in [-0.39, 0.29) is 11.9 Å². The highest BCUT2D eigenvalue weighted by atomic mass is 16.2. The van der Waals surface area contributed by atoms with Gasteiger partial charge in [-0.15, -0.1) is 0 Å². The van der Waals surface area contributed by atoms with Crippen molar-refractivity contribution in [3.63, 3.8) is 0 Å². The second-order valence-electron chi connectivity index (χ2n) is 7.07. The topological polar surface area (TPSA) is 57.3 Å². The molecule has 1 heterocycles. The van der Waals surface area contributed by atoms with Gasteiger partial charge in [0.25, 0.3) is 5.91 Å². The lowest BCUT2D eigenvalue weighted by Gasteiger charge is -2.40. The highest BCUT2D eigenvalue weighted by Crippen LogP contribution is 2.32. The number of carbonyl (C=O) groups excluding carboxylic acids is 1. The molecule has 0 bridgehead atoms. The zero-order valence-electron chi connectivity index (χ0n) is 13.8. The Morgan fingerprint density at radius 2 is 2.00 bits per heavy atom. The van der Waals surface area contributed by atoms with Gasteiger partial charge in [0.15, 0.2) is 6.04 Å². The average molecular weight is 312 g/mol. The maximum atomic E-state index is 12.6. The Labute approximate surface area is 138 Å². The van der Waals surface area contributed by atoms with Crippen LogP contribution >= 0.6 is 0 Å². The third kappa shape index (κ3) is 3.56. The molecule has 0 spiro atoms. The van der Waals surface area contributed by atoms with E-state index in [4.69, 9.17) is 5.26 Å². The Kier molecular flexibility index (Phi) is 4.97. The van der Waals surface area contributed by atoms with Crippen molar-refractivity contribution in [1.29, 1.82) is 5.26 Å². The van der Waals surface area contributed by atoms with E-state index in [1.165, 1.54) is 37.0 Å². The van der Waals surface area contributed by atoms with Gasteiger partial charge in [-0.2, -0.15) is 5.26 Å². The number of nitrogens with one attached hydrogen (secondary N) is 2. The quantitative estimate of drug-likeness (QED) is 0.896. The van der Waals surface area contributed by atoms with Crippen molar-refractivity contribution in [3.8, 4) is 6.07 Å². The zero-order valence-corrected chi connectivity index (χ0v) is 13.8. The average Bonchev–Trinajstić information content (AvgIpc) is 2.61. The first-order valence-electron chi connectivity index (χ1n) is 8.83. The SMILES string of the molecule is C[C@H](C(=O)Nc1ccccc1C#N)[NH+]1CC[C@@H]2CCCC[C@@H]2C1. The summed E-state index contributed by atoms with van der Waals surface area (Å²) in [7, 11) is 0. The van der Waals surface area contributed by atoms with Crippen LogP contribution in [0.4, 0.5) is 5.69 Å². The summed E-state index contributed by atoms with van der Waals surface area (Å²) in [6.45, 7) is 4.23. The highest BCUT2D eigenvalue weighted by Gasteiger charge is 2.37. The largest absolute Gasteiger partial charge is 0.325 e. The van der Waals surface area contributed by atoms with Crippen molar-refractivity contribution in [2.75, 3.05) is 18.4 Å². The molecule has 4 nitrogen and oxygen atoms in total. The third-order valence-electron chi connectivity index (χ3n) is 5.74. The van der Waals surface area contributed by atoms with Gasteiger partial charge < -0.3 is 10.2 Å². The van der Waals surface area contributed by atoms with Gasteiger partial charge >= 0.3 is 0 Å². The molecule has 0 aromatic heterocycles. The molecule has 4 atom stereocenters. The van der Waals surface area contributed by atoms with E-state index in [1.54, 1.807) is 12.1 Å². The fraction of sp³-hybridized carbons (Fsp3) is 0.579. The van der Waals surface area contributed by atoms with E-state index in [0.717, 1.165) is 24.9 Å². The van der Waals surface area contributed by atoms with Gasteiger partial charge in [0.05, 0.1) is 24.3 Å². The van der Waals surface area contributed by atoms with Crippen molar-refractivity contribution in [3.05, 3.63) is 29.8 Å². The van der Waals surface area contributed by atoms with Crippen molar-refractivity contribution in [1.82, 2.24) is 0 Å². The van der Waals surface area contributed by atoms with E-state index in [0.29, 0.717) is 11.3 Å². The molecule has 2 fully saturated rings. The molecule has 1 aromatic carbocycles. The van der Waals surface area contributed by atoms with Crippen LogP contribution in [0.5, 0.6) is 0 Å². The number of quaternary nitrogens is 1. The van der Waals surface area contributed by atoms with Gasteiger partial charge in [-0.3, -0.25) is 4.79 Å². The standard InChI is InChI=1S/C19H25N3O/c1-14(19(23)21-18-9-5-4-7-16(18)12-20)22-11-10-15-6-2-3-8-17(15)13-22/h4-5,7,9,14-15,17H,2-3,6,8,10-11,13H2,1H3,(H,21,23)/p+1/t14-,15+,17-/m1/s1. The predicted octanol–water partition coefficient (Wildman–Crippen LogP) is 1.98. The van der Waals surface area contributed by atoms with Crippen LogP contribution in [-0.4, -0.2) is 25.0 Å².